The van der Waals surface area contributed by atoms with Crippen LogP contribution in [0.1, 0.15) is 19.8 Å². The number of rotatable bonds is 5. The molecular formula is C8H12O2. The lowest BCUT2D eigenvalue weighted by atomic mass is 10.4. The van der Waals surface area contributed by atoms with Crippen LogP contribution in [-0.4, -0.2) is 19.0 Å². The summed E-state index contributed by atoms with van der Waals surface area (Å²) in [5.41, 5.74) is 0. The van der Waals surface area contributed by atoms with Crippen molar-refractivity contribution in [2.75, 3.05) is 13.2 Å². The van der Waals surface area contributed by atoms with Gasteiger partial charge in [0.25, 0.3) is 0 Å². The summed E-state index contributed by atoms with van der Waals surface area (Å²) in [6.07, 6.45) is 6.86. The van der Waals surface area contributed by atoms with Crippen LogP contribution in [-0.2, 0) is 9.53 Å². The molecule has 2 nitrogen and oxygen atoms in total. The van der Waals surface area contributed by atoms with E-state index in [-0.39, 0.29) is 12.4 Å². The van der Waals surface area contributed by atoms with E-state index in [1.807, 2.05) is 5.92 Å². The summed E-state index contributed by atoms with van der Waals surface area (Å²) < 4.78 is 4.93. The first kappa shape index (κ1) is 9.19. The topological polar surface area (TPSA) is 26.3 Å². The average Bonchev–Trinajstić information content (AvgIpc) is 1.98. The highest BCUT2D eigenvalue weighted by atomic mass is 16.5. The fourth-order valence-electron chi connectivity index (χ4n) is 0.453. The summed E-state index contributed by atoms with van der Waals surface area (Å²) in [7, 11) is 0. The molecule has 0 aliphatic heterocycles. The summed E-state index contributed by atoms with van der Waals surface area (Å²) in [4.78, 5) is 10.4. The van der Waals surface area contributed by atoms with E-state index in [2.05, 4.69) is 6.92 Å². The minimum absolute atomic E-state index is 0.0660. The van der Waals surface area contributed by atoms with Gasteiger partial charge in [-0.05, 0) is 12.3 Å². The molecule has 0 radical (unpaired) electrons. The van der Waals surface area contributed by atoms with Crippen LogP contribution in [0.25, 0.3) is 0 Å². The van der Waals surface area contributed by atoms with E-state index in [0.29, 0.717) is 6.61 Å². The molecule has 0 spiro atoms. The van der Waals surface area contributed by atoms with Gasteiger partial charge in [0.1, 0.15) is 6.61 Å². The van der Waals surface area contributed by atoms with E-state index in [1.54, 1.807) is 0 Å². The lowest BCUT2D eigenvalue weighted by Crippen LogP contribution is -2.06. The number of hydrogen-bond acceptors (Lipinski definition) is 2. The molecule has 56 valence electrons. The Balaban J connectivity index is 3.06. The van der Waals surface area contributed by atoms with Gasteiger partial charge in [0.05, 0.1) is 0 Å². The van der Waals surface area contributed by atoms with Gasteiger partial charge in [0, 0.05) is 6.61 Å². The highest BCUT2D eigenvalue weighted by molar-refractivity contribution is 5.95. The van der Waals surface area contributed by atoms with E-state index in [4.69, 9.17) is 11.2 Å². The zero-order valence-corrected chi connectivity index (χ0v) is 6.22. The Labute approximate surface area is 61.6 Å². The molecule has 0 heterocycles. The normalized spacial score (nSPS) is 8.80. The fourth-order valence-corrected chi connectivity index (χ4v) is 0.453. The standard InChI is InChI=1S/C8H12O2/c1-3-5-6-10-7-8(9)4-2/h2H,3,5-7H2,1H3. The molecule has 0 rings (SSSR count). The maximum atomic E-state index is 10.4. The van der Waals surface area contributed by atoms with Crippen molar-refractivity contribution in [1.29, 1.82) is 0 Å². The van der Waals surface area contributed by atoms with Crippen LogP contribution < -0.4 is 0 Å². The second-order valence-corrected chi connectivity index (χ2v) is 1.97. The van der Waals surface area contributed by atoms with Gasteiger partial charge in [-0.2, -0.15) is 0 Å². The maximum absolute atomic E-state index is 10.4. The molecule has 0 aromatic carbocycles. The van der Waals surface area contributed by atoms with E-state index in [9.17, 15) is 4.79 Å². The first-order valence-electron chi connectivity index (χ1n) is 3.38. The molecule has 0 saturated carbocycles. The molecule has 0 fully saturated rings. The highest BCUT2D eigenvalue weighted by Crippen LogP contribution is 1.87. The van der Waals surface area contributed by atoms with Crippen LogP contribution in [0, 0.1) is 12.3 Å². The Morgan fingerprint density at radius 2 is 2.40 bits per heavy atom. The largest absolute Gasteiger partial charge is 0.373 e. The Hall–Kier alpha value is -0.810. The number of hydrogen-bond donors (Lipinski definition) is 0. The molecule has 0 aromatic heterocycles. The Morgan fingerprint density at radius 3 is 2.90 bits per heavy atom. The number of unbranched alkanes of at least 4 members (excludes halogenated alkanes) is 1. The lowest BCUT2D eigenvalue weighted by Gasteiger charge is -1.96. The molecule has 10 heavy (non-hydrogen) atoms. The Bertz CT molecular complexity index is 133. The minimum atomic E-state index is -0.281. The van der Waals surface area contributed by atoms with Crippen LogP contribution in [0.3, 0.4) is 0 Å². The maximum Gasteiger partial charge on any atom is 0.230 e. The molecule has 0 aromatic rings. The molecule has 0 aliphatic rings. The van der Waals surface area contributed by atoms with Crippen LogP contribution in [0.5, 0.6) is 0 Å². The highest BCUT2D eigenvalue weighted by Gasteiger charge is 1.93. The van der Waals surface area contributed by atoms with Gasteiger partial charge in [0.15, 0.2) is 0 Å². The summed E-state index contributed by atoms with van der Waals surface area (Å²) in [6.45, 7) is 2.76. The zero-order chi connectivity index (χ0) is 7.82. The van der Waals surface area contributed by atoms with E-state index >= 15 is 0 Å². The minimum Gasteiger partial charge on any atom is -0.373 e. The van der Waals surface area contributed by atoms with Crippen molar-refractivity contribution in [3.8, 4) is 12.3 Å². The number of ether oxygens (including phenoxy) is 1. The third-order valence-electron chi connectivity index (χ3n) is 1.04. The second kappa shape index (κ2) is 6.31. The van der Waals surface area contributed by atoms with Crippen molar-refractivity contribution in [2.45, 2.75) is 19.8 Å². The molecule has 0 atom stereocenters. The third-order valence-corrected chi connectivity index (χ3v) is 1.04. The van der Waals surface area contributed by atoms with Gasteiger partial charge in [-0.3, -0.25) is 4.79 Å². The molecule has 0 N–H and O–H groups in total. The first-order valence-corrected chi connectivity index (χ1v) is 3.38. The zero-order valence-electron chi connectivity index (χ0n) is 6.22. The lowest BCUT2D eigenvalue weighted by molar-refractivity contribution is -0.118. The molecule has 0 aliphatic carbocycles. The predicted molar refractivity (Wildman–Crippen MR) is 39.6 cm³/mol. The number of carbonyl (C=O) groups is 1. The summed E-state index contributed by atoms with van der Waals surface area (Å²) >= 11 is 0. The SMILES string of the molecule is C#CC(=O)COCCCC. The van der Waals surface area contributed by atoms with Gasteiger partial charge in [0.2, 0.25) is 5.78 Å². The molecule has 2 heteroatoms. The molecule has 0 unspecified atom stereocenters. The average molecular weight is 140 g/mol. The van der Waals surface area contributed by atoms with Gasteiger partial charge in [-0.25, -0.2) is 0 Å². The van der Waals surface area contributed by atoms with Gasteiger partial charge >= 0.3 is 0 Å². The Morgan fingerprint density at radius 1 is 1.70 bits per heavy atom. The fraction of sp³-hybridized carbons (Fsp3) is 0.625. The van der Waals surface area contributed by atoms with Crippen molar-refractivity contribution in [3.05, 3.63) is 0 Å². The second-order valence-electron chi connectivity index (χ2n) is 1.97. The quantitative estimate of drug-likeness (QED) is 0.323. The van der Waals surface area contributed by atoms with Crippen molar-refractivity contribution >= 4 is 5.78 Å². The predicted octanol–water partition coefficient (Wildman–Crippen LogP) is 1.01. The van der Waals surface area contributed by atoms with Crippen LogP contribution in [0.15, 0.2) is 0 Å². The monoisotopic (exact) mass is 140 g/mol. The summed E-state index contributed by atoms with van der Waals surface area (Å²) in [6, 6.07) is 0. The molecule has 0 bridgehead atoms. The first-order chi connectivity index (χ1) is 4.81. The Kier molecular flexibility index (Phi) is 5.80. The number of carbonyl (C=O) groups excluding carboxylic acids is 1. The van der Waals surface area contributed by atoms with E-state index in [1.165, 1.54) is 0 Å². The van der Waals surface area contributed by atoms with Gasteiger partial charge in [-0.1, -0.05) is 13.3 Å². The van der Waals surface area contributed by atoms with Crippen molar-refractivity contribution in [2.24, 2.45) is 0 Å². The smallest absolute Gasteiger partial charge is 0.230 e. The van der Waals surface area contributed by atoms with E-state index in [0.717, 1.165) is 12.8 Å². The number of Topliss-reactive ketones (excluding diaryl/α,β-unsaturated/α-hetero) is 1. The van der Waals surface area contributed by atoms with E-state index < -0.39 is 0 Å². The van der Waals surface area contributed by atoms with Crippen molar-refractivity contribution < 1.29 is 9.53 Å². The number of ketones is 1. The van der Waals surface area contributed by atoms with Crippen LogP contribution in [0.2, 0.25) is 0 Å². The molecular weight excluding hydrogens is 128 g/mol. The summed E-state index contributed by atoms with van der Waals surface area (Å²) in [5, 5.41) is 0. The third kappa shape index (κ3) is 5.33. The van der Waals surface area contributed by atoms with Crippen LogP contribution in [0.4, 0.5) is 0 Å². The van der Waals surface area contributed by atoms with Gasteiger partial charge < -0.3 is 4.74 Å². The van der Waals surface area contributed by atoms with Gasteiger partial charge in [-0.15, -0.1) is 6.42 Å². The van der Waals surface area contributed by atoms with Crippen LogP contribution >= 0.6 is 0 Å². The summed E-state index contributed by atoms with van der Waals surface area (Å²) in [5.74, 6) is 1.70. The van der Waals surface area contributed by atoms with Crippen molar-refractivity contribution in [1.82, 2.24) is 0 Å². The molecule has 0 saturated heterocycles. The number of terminal acetylenes is 1. The van der Waals surface area contributed by atoms with Crippen molar-refractivity contribution in [3.63, 3.8) is 0 Å². The molecule has 0 amide bonds.